The molecule has 0 radical (unpaired) electrons. The molecule has 0 aliphatic rings. The minimum Gasteiger partial charge on any atom is -0.497 e. The Kier molecular flexibility index (Phi) is 7.44. The number of thioether (sulfide) groups is 1. The SMILES string of the molecule is COc1ccc(-c2nc(C(N)C(=O)CSc3ccccc3)sc2-c2ccc(OC)cc2)cc1. The van der Waals surface area contributed by atoms with Crippen LogP contribution in [0.25, 0.3) is 21.7 Å². The predicted molar refractivity (Wildman–Crippen MR) is 135 cm³/mol. The van der Waals surface area contributed by atoms with Crippen LogP contribution in [0.1, 0.15) is 11.0 Å². The van der Waals surface area contributed by atoms with Gasteiger partial charge in [0.2, 0.25) is 0 Å². The lowest BCUT2D eigenvalue weighted by Gasteiger charge is -2.07. The second-order valence-corrected chi connectivity index (χ2v) is 9.31. The lowest BCUT2D eigenvalue weighted by Crippen LogP contribution is -2.23. The maximum Gasteiger partial charge on any atom is 0.166 e. The Labute approximate surface area is 201 Å². The van der Waals surface area contributed by atoms with Gasteiger partial charge in [-0.15, -0.1) is 23.1 Å². The molecule has 0 bridgehead atoms. The van der Waals surface area contributed by atoms with Gasteiger partial charge >= 0.3 is 0 Å². The summed E-state index contributed by atoms with van der Waals surface area (Å²) in [5.74, 6) is 1.78. The Bertz CT molecular complexity index is 1140. The number of ketones is 1. The van der Waals surface area contributed by atoms with Crippen LogP contribution >= 0.6 is 23.1 Å². The molecule has 4 aromatic rings. The van der Waals surface area contributed by atoms with Gasteiger partial charge in [-0.3, -0.25) is 4.79 Å². The lowest BCUT2D eigenvalue weighted by atomic mass is 10.1. The third kappa shape index (κ3) is 5.45. The smallest absolute Gasteiger partial charge is 0.166 e. The summed E-state index contributed by atoms with van der Waals surface area (Å²) in [6.45, 7) is 0. The number of methoxy groups -OCH3 is 2. The Balaban J connectivity index is 1.64. The number of rotatable bonds is 9. The van der Waals surface area contributed by atoms with Crippen molar-refractivity contribution in [3.63, 3.8) is 0 Å². The summed E-state index contributed by atoms with van der Waals surface area (Å²) in [5.41, 5.74) is 9.09. The van der Waals surface area contributed by atoms with Gasteiger partial charge in [0.05, 0.1) is 30.5 Å². The van der Waals surface area contributed by atoms with Gasteiger partial charge in [0.15, 0.2) is 5.78 Å². The van der Waals surface area contributed by atoms with Crippen molar-refractivity contribution in [3.8, 4) is 33.2 Å². The van der Waals surface area contributed by atoms with E-state index < -0.39 is 6.04 Å². The molecule has 0 fully saturated rings. The van der Waals surface area contributed by atoms with Crippen molar-refractivity contribution in [2.24, 2.45) is 5.73 Å². The molecule has 1 unspecified atom stereocenters. The van der Waals surface area contributed by atoms with Crippen LogP contribution in [0.2, 0.25) is 0 Å². The van der Waals surface area contributed by atoms with E-state index in [1.807, 2.05) is 78.9 Å². The number of Topliss-reactive ketones (excluding diaryl/α,β-unsaturated/α-hetero) is 1. The number of thiazole rings is 1. The minimum absolute atomic E-state index is 0.0554. The molecule has 1 heterocycles. The van der Waals surface area contributed by atoms with Crippen LogP contribution in [0.4, 0.5) is 0 Å². The molecule has 33 heavy (non-hydrogen) atoms. The summed E-state index contributed by atoms with van der Waals surface area (Å²) in [6, 6.07) is 24.6. The summed E-state index contributed by atoms with van der Waals surface area (Å²) >= 11 is 2.93. The van der Waals surface area contributed by atoms with Gasteiger partial charge in [-0.25, -0.2) is 4.98 Å². The largest absolute Gasteiger partial charge is 0.497 e. The molecular weight excluding hydrogens is 452 g/mol. The molecule has 0 saturated heterocycles. The number of carbonyl (C=O) groups excluding carboxylic acids is 1. The van der Waals surface area contributed by atoms with Gasteiger partial charge in [0.25, 0.3) is 0 Å². The fourth-order valence-electron chi connectivity index (χ4n) is 3.25. The van der Waals surface area contributed by atoms with E-state index in [2.05, 4.69) is 0 Å². The first-order valence-electron chi connectivity index (χ1n) is 10.3. The molecule has 168 valence electrons. The van der Waals surface area contributed by atoms with Crippen LogP contribution in [0, 0.1) is 0 Å². The van der Waals surface area contributed by atoms with E-state index in [4.69, 9.17) is 20.2 Å². The molecule has 1 aromatic heterocycles. The molecule has 0 saturated carbocycles. The topological polar surface area (TPSA) is 74.4 Å². The molecular formula is C26H24N2O3S2. The van der Waals surface area contributed by atoms with Gasteiger partial charge in [0, 0.05) is 10.5 Å². The van der Waals surface area contributed by atoms with Gasteiger partial charge in [-0.1, -0.05) is 18.2 Å². The van der Waals surface area contributed by atoms with E-state index in [0.717, 1.165) is 38.1 Å². The number of nitrogens with zero attached hydrogens (tertiary/aromatic N) is 1. The molecule has 3 aromatic carbocycles. The summed E-state index contributed by atoms with van der Waals surface area (Å²) in [7, 11) is 3.28. The molecule has 1 atom stereocenters. The zero-order valence-electron chi connectivity index (χ0n) is 18.4. The van der Waals surface area contributed by atoms with E-state index in [1.165, 1.54) is 23.1 Å². The summed E-state index contributed by atoms with van der Waals surface area (Å²) < 4.78 is 10.6. The number of hydrogen-bond donors (Lipinski definition) is 1. The van der Waals surface area contributed by atoms with Crippen molar-refractivity contribution < 1.29 is 14.3 Å². The second kappa shape index (κ2) is 10.7. The van der Waals surface area contributed by atoms with E-state index >= 15 is 0 Å². The van der Waals surface area contributed by atoms with Crippen LogP contribution in [0.5, 0.6) is 11.5 Å². The Hall–Kier alpha value is -3.13. The van der Waals surface area contributed by atoms with Crippen LogP contribution in [-0.2, 0) is 4.79 Å². The number of carbonyl (C=O) groups is 1. The van der Waals surface area contributed by atoms with Crippen LogP contribution < -0.4 is 15.2 Å². The molecule has 2 N–H and O–H groups in total. The first-order chi connectivity index (χ1) is 16.1. The van der Waals surface area contributed by atoms with Gasteiger partial charge < -0.3 is 15.2 Å². The fraction of sp³-hybridized carbons (Fsp3) is 0.154. The standard InChI is InChI=1S/C26H24N2O3S2/c1-30-19-12-8-17(9-13-19)24-25(18-10-14-20(31-2)15-11-18)33-26(28-24)23(27)22(29)16-32-21-6-4-3-5-7-21/h3-15,23H,16,27H2,1-2H3. The number of hydrogen-bond acceptors (Lipinski definition) is 7. The normalized spacial score (nSPS) is 11.7. The van der Waals surface area contributed by atoms with E-state index in [9.17, 15) is 4.79 Å². The fourth-order valence-corrected chi connectivity index (χ4v) is 5.21. The number of aromatic nitrogens is 1. The molecule has 0 aliphatic heterocycles. The van der Waals surface area contributed by atoms with E-state index in [1.54, 1.807) is 14.2 Å². The molecule has 0 amide bonds. The summed E-state index contributed by atoms with van der Waals surface area (Å²) in [6.07, 6.45) is 0. The highest BCUT2D eigenvalue weighted by atomic mass is 32.2. The molecule has 0 aliphatic carbocycles. The summed E-state index contributed by atoms with van der Waals surface area (Å²) in [4.78, 5) is 19.7. The average molecular weight is 477 g/mol. The molecule has 0 spiro atoms. The highest BCUT2D eigenvalue weighted by Gasteiger charge is 2.23. The van der Waals surface area contributed by atoms with Crippen molar-refractivity contribution >= 4 is 28.9 Å². The highest BCUT2D eigenvalue weighted by Crippen LogP contribution is 2.39. The van der Waals surface area contributed by atoms with Gasteiger partial charge in [-0.05, 0) is 66.2 Å². The maximum atomic E-state index is 12.9. The first kappa shape index (κ1) is 23.0. The van der Waals surface area contributed by atoms with Crippen molar-refractivity contribution in [1.82, 2.24) is 4.98 Å². The van der Waals surface area contributed by atoms with E-state index in [0.29, 0.717) is 10.8 Å². The third-order valence-electron chi connectivity index (χ3n) is 5.10. The molecule has 5 nitrogen and oxygen atoms in total. The van der Waals surface area contributed by atoms with Crippen LogP contribution in [-0.4, -0.2) is 30.7 Å². The number of ether oxygens (including phenoxy) is 2. The lowest BCUT2D eigenvalue weighted by molar-refractivity contribution is -0.117. The zero-order chi connectivity index (χ0) is 23.2. The van der Waals surface area contributed by atoms with Crippen LogP contribution in [0.3, 0.4) is 0 Å². The quantitative estimate of drug-likeness (QED) is 0.305. The Morgan fingerprint density at radius 3 is 2.06 bits per heavy atom. The van der Waals surface area contributed by atoms with Crippen LogP contribution in [0.15, 0.2) is 83.8 Å². The monoisotopic (exact) mass is 476 g/mol. The van der Waals surface area contributed by atoms with E-state index in [-0.39, 0.29) is 5.78 Å². The highest BCUT2D eigenvalue weighted by molar-refractivity contribution is 8.00. The third-order valence-corrected chi connectivity index (χ3v) is 7.32. The maximum absolute atomic E-state index is 12.9. The number of benzene rings is 3. The minimum atomic E-state index is -0.782. The molecule has 7 heteroatoms. The zero-order valence-corrected chi connectivity index (χ0v) is 20.0. The number of nitrogens with two attached hydrogens (primary N) is 1. The van der Waals surface area contributed by atoms with Gasteiger partial charge in [-0.2, -0.15) is 0 Å². The van der Waals surface area contributed by atoms with Crippen molar-refractivity contribution in [3.05, 3.63) is 83.9 Å². The summed E-state index contributed by atoms with van der Waals surface area (Å²) in [5, 5.41) is 0.602. The second-order valence-electron chi connectivity index (χ2n) is 7.23. The predicted octanol–water partition coefficient (Wildman–Crippen LogP) is 5.86. The first-order valence-corrected chi connectivity index (χ1v) is 12.1. The van der Waals surface area contributed by atoms with Crippen molar-refractivity contribution in [2.45, 2.75) is 10.9 Å². The average Bonchev–Trinajstić information content (AvgIpc) is 3.33. The Morgan fingerprint density at radius 1 is 0.909 bits per heavy atom. The van der Waals surface area contributed by atoms with Crippen molar-refractivity contribution in [2.75, 3.05) is 20.0 Å². The van der Waals surface area contributed by atoms with Crippen molar-refractivity contribution in [1.29, 1.82) is 0 Å². The Morgan fingerprint density at radius 2 is 1.48 bits per heavy atom. The van der Waals surface area contributed by atoms with Gasteiger partial charge in [0.1, 0.15) is 22.5 Å². The molecule has 4 rings (SSSR count).